The van der Waals surface area contributed by atoms with Crippen LogP contribution in [0.3, 0.4) is 0 Å². The largest absolute Gasteiger partial charge is 0.393 e. The summed E-state index contributed by atoms with van der Waals surface area (Å²) in [6, 6.07) is 5.58. The third-order valence-electron chi connectivity index (χ3n) is 7.14. The lowest BCUT2D eigenvalue weighted by atomic mass is 9.80. The molecule has 5 rings (SSSR count). The molecule has 3 aromatic rings. The van der Waals surface area contributed by atoms with Crippen LogP contribution in [0.15, 0.2) is 30.6 Å². The number of hydrogen-bond donors (Lipinski definition) is 3. The predicted molar refractivity (Wildman–Crippen MR) is 128 cm³/mol. The Balaban J connectivity index is 1.66. The van der Waals surface area contributed by atoms with Gasteiger partial charge in [-0.2, -0.15) is 0 Å². The lowest BCUT2D eigenvalue weighted by Crippen LogP contribution is -2.31. The molecule has 0 atom stereocenters. The van der Waals surface area contributed by atoms with E-state index in [1.165, 1.54) is 0 Å². The Morgan fingerprint density at radius 1 is 1.24 bits per heavy atom. The first kappa shape index (κ1) is 22.0. The molecular formula is C26H31FN4O2. The molecule has 33 heavy (non-hydrogen) atoms. The molecule has 1 fully saturated rings. The van der Waals surface area contributed by atoms with Gasteiger partial charge >= 0.3 is 0 Å². The zero-order valence-electron chi connectivity index (χ0n) is 19.2. The summed E-state index contributed by atoms with van der Waals surface area (Å²) in [7, 11) is 0. The molecule has 1 aliphatic carbocycles. The second-order valence-electron chi connectivity index (χ2n) is 10.3. The van der Waals surface area contributed by atoms with Gasteiger partial charge in [-0.1, -0.05) is 13.8 Å². The number of nitrogens with two attached hydrogens (primary N) is 1. The molecule has 3 heterocycles. The molecule has 1 saturated carbocycles. The first-order chi connectivity index (χ1) is 15.8. The SMILES string of the molecule is CC1(C)CC(=O)n2c(c(-c3cc(F)c(CN)c(NC4CCC(O)CC4)c3)c3ccncc32)C1. The summed E-state index contributed by atoms with van der Waals surface area (Å²) in [6.07, 6.45) is 7.48. The lowest BCUT2D eigenvalue weighted by Gasteiger charge is -2.31. The highest BCUT2D eigenvalue weighted by molar-refractivity contribution is 6.04. The molecule has 0 amide bonds. The number of carbonyl (C=O) groups excluding carboxylic acids is 1. The topological polar surface area (TPSA) is 93.2 Å². The number of nitrogens with one attached hydrogen (secondary N) is 1. The Morgan fingerprint density at radius 2 is 2.00 bits per heavy atom. The first-order valence-electron chi connectivity index (χ1n) is 11.8. The second-order valence-corrected chi connectivity index (χ2v) is 10.3. The summed E-state index contributed by atoms with van der Waals surface area (Å²) in [5, 5.41) is 14.2. The minimum atomic E-state index is -0.350. The summed E-state index contributed by atoms with van der Waals surface area (Å²) in [4.78, 5) is 17.3. The Bertz CT molecular complexity index is 1220. The van der Waals surface area contributed by atoms with Crippen molar-refractivity contribution in [2.75, 3.05) is 5.32 Å². The van der Waals surface area contributed by atoms with Crippen LogP contribution < -0.4 is 11.1 Å². The Hall–Kier alpha value is -2.77. The minimum absolute atomic E-state index is 0.0451. The van der Waals surface area contributed by atoms with E-state index in [0.717, 1.165) is 53.4 Å². The van der Waals surface area contributed by atoms with Crippen LogP contribution in [-0.2, 0) is 13.0 Å². The van der Waals surface area contributed by atoms with Gasteiger partial charge in [0, 0.05) is 53.1 Å². The average Bonchev–Trinajstić information content (AvgIpc) is 3.08. The zero-order valence-corrected chi connectivity index (χ0v) is 19.2. The van der Waals surface area contributed by atoms with Crippen molar-refractivity contribution in [2.45, 2.75) is 71.1 Å². The number of halogens is 1. The van der Waals surface area contributed by atoms with E-state index in [0.29, 0.717) is 24.1 Å². The molecule has 7 heteroatoms. The molecule has 0 unspecified atom stereocenters. The first-order valence-corrected chi connectivity index (χ1v) is 11.8. The molecule has 2 aliphatic rings. The van der Waals surface area contributed by atoms with Gasteiger partial charge in [-0.05, 0) is 61.3 Å². The highest BCUT2D eigenvalue weighted by Crippen LogP contribution is 2.43. The van der Waals surface area contributed by atoms with Crippen molar-refractivity contribution in [2.24, 2.45) is 11.1 Å². The molecule has 1 aromatic carbocycles. The van der Waals surface area contributed by atoms with Crippen molar-refractivity contribution in [3.05, 3.63) is 47.7 Å². The highest BCUT2D eigenvalue weighted by atomic mass is 19.1. The van der Waals surface area contributed by atoms with Crippen LogP contribution in [0.2, 0.25) is 0 Å². The van der Waals surface area contributed by atoms with Gasteiger partial charge in [0.2, 0.25) is 5.91 Å². The standard InChI is InChI=1S/C26H31FN4O2/c1-26(2)11-22-25(18-7-8-29-14-23(18)31(22)24(33)12-26)15-9-20(27)19(13-28)21(10-15)30-16-3-5-17(32)6-4-16/h7-10,14,16-17,30,32H,3-6,11-13,28H2,1-2H3. The van der Waals surface area contributed by atoms with Gasteiger partial charge < -0.3 is 16.2 Å². The molecule has 0 saturated heterocycles. The number of aliphatic hydroxyl groups excluding tert-OH is 1. The fourth-order valence-electron chi connectivity index (χ4n) is 5.52. The fourth-order valence-corrected chi connectivity index (χ4v) is 5.52. The maximum absolute atomic E-state index is 15.3. The van der Waals surface area contributed by atoms with Gasteiger partial charge in [-0.3, -0.25) is 14.3 Å². The average molecular weight is 451 g/mol. The summed E-state index contributed by atoms with van der Waals surface area (Å²) in [6.45, 7) is 4.28. The van der Waals surface area contributed by atoms with E-state index in [2.05, 4.69) is 24.1 Å². The monoisotopic (exact) mass is 450 g/mol. The molecular weight excluding hydrogens is 419 g/mol. The van der Waals surface area contributed by atoms with Gasteiger partial charge in [-0.15, -0.1) is 0 Å². The van der Waals surface area contributed by atoms with Crippen LogP contribution in [0, 0.1) is 11.2 Å². The molecule has 2 aromatic heterocycles. The molecule has 174 valence electrons. The van der Waals surface area contributed by atoms with E-state index in [4.69, 9.17) is 5.73 Å². The number of nitrogens with zero attached hydrogens (tertiary/aromatic N) is 2. The van der Waals surface area contributed by atoms with Crippen molar-refractivity contribution in [1.82, 2.24) is 9.55 Å². The van der Waals surface area contributed by atoms with E-state index in [1.807, 2.05) is 12.1 Å². The summed E-state index contributed by atoms with van der Waals surface area (Å²) >= 11 is 0. The number of aliphatic hydroxyl groups is 1. The molecule has 1 aliphatic heterocycles. The van der Waals surface area contributed by atoms with Crippen LogP contribution in [0.4, 0.5) is 10.1 Å². The maximum atomic E-state index is 15.3. The van der Waals surface area contributed by atoms with Crippen molar-refractivity contribution in [3.8, 4) is 11.1 Å². The summed E-state index contributed by atoms with van der Waals surface area (Å²) in [5.41, 5.74) is 10.2. The molecule has 0 radical (unpaired) electrons. The summed E-state index contributed by atoms with van der Waals surface area (Å²) < 4.78 is 17.1. The Kier molecular flexibility index (Phi) is 5.49. The maximum Gasteiger partial charge on any atom is 0.231 e. The number of aromatic nitrogens is 2. The van der Waals surface area contributed by atoms with Crippen molar-refractivity contribution >= 4 is 22.5 Å². The van der Waals surface area contributed by atoms with Crippen LogP contribution in [0.5, 0.6) is 0 Å². The number of carbonyl (C=O) groups is 1. The molecule has 6 nitrogen and oxygen atoms in total. The van der Waals surface area contributed by atoms with Gasteiger partial charge in [0.05, 0.1) is 17.8 Å². The quantitative estimate of drug-likeness (QED) is 0.539. The minimum Gasteiger partial charge on any atom is -0.393 e. The molecule has 0 bridgehead atoms. The number of anilines is 1. The third-order valence-corrected chi connectivity index (χ3v) is 7.14. The Labute approximate surface area is 193 Å². The lowest BCUT2D eigenvalue weighted by molar-refractivity contribution is 0.0816. The molecule has 0 spiro atoms. The van der Waals surface area contributed by atoms with E-state index in [9.17, 15) is 9.90 Å². The number of rotatable bonds is 4. The van der Waals surface area contributed by atoms with Crippen molar-refractivity contribution in [3.63, 3.8) is 0 Å². The van der Waals surface area contributed by atoms with Gasteiger partial charge in [0.1, 0.15) is 5.82 Å². The van der Waals surface area contributed by atoms with Crippen LogP contribution in [-0.4, -0.2) is 32.7 Å². The van der Waals surface area contributed by atoms with Crippen LogP contribution in [0.1, 0.15) is 62.0 Å². The van der Waals surface area contributed by atoms with Crippen LogP contribution in [0.25, 0.3) is 22.0 Å². The Morgan fingerprint density at radius 3 is 2.73 bits per heavy atom. The van der Waals surface area contributed by atoms with E-state index in [1.54, 1.807) is 23.0 Å². The molecule has 4 N–H and O–H groups in total. The fraction of sp³-hybridized carbons (Fsp3) is 0.462. The number of hydrogen-bond acceptors (Lipinski definition) is 5. The third kappa shape index (κ3) is 3.93. The van der Waals surface area contributed by atoms with Gasteiger partial charge in [0.15, 0.2) is 0 Å². The normalized spacial score (nSPS) is 22.4. The van der Waals surface area contributed by atoms with E-state index < -0.39 is 0 Å². The summed E-state index contributed by atoms with van der Waals surface area (Å²) in [5.74, 6) is -0.305. The highest BCUT2D eigenvalue weighted by Gasteiger charge is 2.35. The number of pyridine rings is 1. The van der Waals surface area contributed by atoms with Crippen molar-refractivity contribution < 1.29 is 14.3 Å². The van der Waals surface area contributed by atoms with E-state index >= 15 is 4.39 Å². The smallest absolute Gasteiger partial charge is 0.231 e. The van der Waals surface area contributed by atoms with Crippen molar-refractivity contribution in [1.29, 1.82) is 0 Å². The second kappa shape index (κ2) is 8.22. The van der Waals surface area contributed by atoms with Gasteiger partial charge in [-0.25, -0.2) is 4.39 Å². The number of benzene rings is 1. The number of fused-ring (bicyclic) bond motifs is 3. The van der Waals surface area contributed by atoms with Gasteiger partial charge in [0.25, 0.3) is 0 Å². The zero-order chi connectivity index (χ0) is 23.3. The predicted octanol–water partition coefficient (Wildman–Crippen LogP) is 4.63. The van der Waals surface area contributed by atoms with Crippen LogP contribution >= 0.6 is 0 Å². The van der Waals surface area contributed by atoms with E-state index in [-0.39, 0.29) is 35.8 Å².